The van der Waals surface area contributed by atoms with Crippen LogP contribution in [-0.2, 0) is 0 Å². The van der Waals surface area contributed by atoms with Crippen LogP contribution in [0.4, 0.5) is 0 Å². The highest BCUT2D eigenvalue weighted by atomic mass is 16.2. The summed E-state index contributed by atoms with van der Waals surface area (Å²) in [6.07, 6.45) is 0. The summed E-state index contributed by atoms with van der Waals surface area (Å²) in [5.74, 6) is -0.601. The molecule has 3 heteroatoms. The fourth-order valence-electron chi connectivity index (χ4n) is 1.50. The predicted molar refractivity (Wildman–Crippen MR) is 64.7 cm³/mol. The number of rotatable bonds is 0. The van der Waals surface area contributed by atoms with Crippen molar-refractivity contribution in [3.05, 3.63) is 71.8 Å². The lowest BCUT2D eigenvalue weighted by molar-refractivity contribution is 0.0879. The zero-order valence-electron chi connectivity index (χ0n) is 9.09. The molecule has 0 saturated heterocycles. The lowest BCUT2D eigenvalue weighted by atomic mass is 10.1. The summed E-state index contributed by atoms with van der Waals surface area (Å²) in [7, 11) is 0. The number of carbonyl (C=O) groups is 2. The largest absolute Gasteiger partial charge is 0.288 e. The zero-order chi connectivity index (χ0) is 12.1. The van der Waals surface area contributed by atoms with Crippen molar-refractivity contribution in [2.45, 2.75) is 0 Å². The van der Waals surface area contributed by atoms with Crippen LogP contribution >= 0.6 is 0 Å². The Labute approximate surface area is 99.1 Å². The van der Waals surface area contributed by atoms with Crippen LogP contribution in [0.25, 0.3) is 0 Å². The van der Waals surface area contributed by atoms with Crippen LogP contribution < -0.4 is 5.32 Å². The second kappa shape index (κ2) is 5.07. The summed E-state index contributed by atoms with van der Waals surface area (Å²) >= 11 is 0. The monoisotopic (exact) mass is 225 g/mol. The molecule has 0 saturated carbocycles. The summed E-state index contributed by atoms with van der Waals surface area (Å²) < 4.78 is 0. The second-order valence-electron chi connectivity index (χ2n) is 3.48. The van der Waals surface area contributed by atoms with Crippen LogP contribution in [0.5, 0.6) is 0 Å². The third kappa shape index (κ3) is 2.58. The predicted octanol–water partition coefficient (Wildman–Crippen LogP) is 2.26. The molecule has 0 aromatic heterocycles. The van der Waals surface area contributed by atoms with Gasteiger partial charge < -0.3 is 0 Å². The third-order valence-corrected chi connectivity index (χ3v) is 2.31. The molecule has 0 atom stereocenters. The van der Waals surface area contributed by atoms with Crippen molar-refractivity contribution in [2.24, 2.45) is 0 Å². The van der Waals surface area contributed by atoms with Gasteiger partial charge in [-0.3, -0.25) is 14.9 Å². The SMILES string of the molecule is O=C1NC(=O)c2ccccc21.c1ccccc1. The second-order valence-corrected chi connectivity index (χ2v) is 3.48. The van der Waals surface area contributed by atoms with Crippen molar-refractivity contribution < 1.29 is 9.59 Å². The normalized spacial score (nSPS) is 12.2. The Morgan fingerprint density at radius 3 is 1.29 bits per heavy atom. The number of benzene rings is 2. The molecule has 0 bridgehead atoms. The summed E-state index contributed by atoms with van der Waals surface area (Å²) in [6.45, 7) is 0. The first-order valence-corrected chi connectivity index (χ1v) is 5.24. The third-order valence-electron chi connectivity index (χ3n) is 2.31. The highest BCUT2D eigenvalue weighted by Gasteiger charge is 2.25. The Balaban J connectivity index is 0.000000153. The van der Waals surface area contributed by atoms with Crippen molar-refractivity contribution in [3.8, 4) is 0 Å². The minimum atomic E-state index is -0.300. The van der Waals surface area contributed by atoms with E-state index in [9.17, 15) is 9.59 Å². The van der Waals surface area contributed by atoms with Gasteiger partial charge in [0.1, 0.15) is 0 Å². The Morgan fingerprint density at radius 2 is 0.941 bits per heavy atom. The molecular formula is C14H11NO2. The van der Waals surface area contributed by atoms with E-state index >= 15 is 0 Å². The Morgan fingerprint density at radius 1 is 0.588 bits per heavy atom. The average Bonchev–Trinajstić information content (AvgIpc) is 2.69. The summed E-state index contributed by atoms with van der Waals surface area (Å²) in [5.41, 5.74) is 0.940. The van der Waals surface area contributed by atoms with Gasteiger partial charge in [0.15, 0.2) is 0 Å². The van der Waals surface area contributed by atoms with E-state index in [0.717, 1.165) is 0 Å². The van der Waals surface area contributed by atoms with Gasteiger partial charge in [0.25, 0.3) is 11.8 Å². The number of carbonyl (C=O) groups excluding carboxylic acids is 2. The molecule has 0 aliphatic carbocycles. The van der Waals surface area contributed by atoms with Crippen molar-refractivity contribution >= 4 is 11.8 Å². The maximum Gasteiger partial charge on any atom is 0.258 e. The quantitative estimate of drug-likeness (QED) is 0.699. The van der Waals surface area contributed by atoms with E-state index in [4.69, 9.17) is 0 Å². The molecule has 84 valence electrons. The lowest BCUT2D eigenvalue weighted by Crippen LogP contribution is -2.19. The van der Waals surface area contributed by atoms with Crippen LogP contribution in [0.2, 0.25) is 0 Å². The first-order valence-electron chi connectivity index (χ1n) is 5.24. The van der Waals surface area contributed by atoms with E-state index in [-0.39, 0.29) is 11.8 Å². The maximum atomic E-state index is 10.9. The molecule has 3 nitrogen and oxygen atoms in total. The van der Waals surface area contributed by atoms with Gasteiger partial charge in [0.2, 0.25) is 0 Å². The van der Waals surface area contributed by atoms with E-state index in [2.05, 4.69) is 5.32 Å². The topological polar surface area (TPSA) is 46.2 Å². The van der Waals surface area contributed by atoms with Crippen molar-refractivity contribution in [1.29, 1.82) is 0 Å². The summed E-state index contributed by atoms with van der Waals surface area (Å²) in [4.78, 5) is 21.9. The molecule has 1 heterocycles. The van der Waals surface area contributed by atoms with Crippen molar-refractivity contribution in [2.75, 3.05) is 0 Å². The number of amides is 2. The lowest BCUT2D eigenvalue weighted by Gasteiger charge is -1.88. The molecule has 1 aliphatic rings. The summed E-state index contributed by atoms with van der Waals surface area (Å²) in [5, 5.41) is 2.20. The molecule has 2 aromatic carbocycles. The average molecular weight is 225 g/mol. The van der Waals surface area contributed by atoms with Gasteiger partial charge >= 0.3 is 0 Å². The number of hydrogen-bond donors (Lipinski definition) is 1. The van der Waals surface area contributed by atoms with Gasteiger partial charge in [-0.15, -0.1) is 0 Å². The zero-order valence-corrected chi connectivity index (χ0v) is 9.09. The molecule has 1 N–H and O–H groups in total. The molecule has 0 spiro atoms. The highest BCUT2D eigenvalue weighted by molar-refractivity contribution is 6.21. The highest BCUT2D eigenvalue weighted by Crippen LogP contribution is 2.13. The first kappa shape index (κ1) is 11.1. The molecular weight excluding hydrogens is 214 g/mol. The van der Waals surface area contributed by atoms with Gasteiger partial charge in [0, 0.05) is 0 Å². The van der Waals surface area contributed by atoms with Gasteiger partial charge in [0.05, 0.1) is 11.1 Å². The van der Waals surface area contributed by atoms with Crippen molar-refractivity contribution in [1.82, 2.24) is 5.32 Å². The van der Waals surface area contributed by atoms with Crippen LogP contribution in [0.1, 0.15) is 20.7 Å². The number of hydrogen-bond acceptors (Lipinski definition) is 2. The van der Waals surface area contributed by atoms with Gasteiger partial charge in [-0.2, -0.15) is 0 Å². The van der Waals surface area contributed by atoms with Crippen molar-refractivity contribution in [3.63, 3.8) is 0 Å². The fourth-order valence-corrected chi connectivity index (χ4v) is 1.50. The smallest absolute Gasteiger partial charge is 0.258 e. The summed E-state index contributed by atoms with van der Waals surface area (Å²) in [6, 6.07) is 18.7. The number of fused-ring (bicyclic) bond motifs is 1. The van der Waals surface area contributed by atoms with E-state index in [1.165, 1.54) is 0 Å². The van der Waals surface area contributed by atoms with Gasteiger partial charge in [-0.1, -0.05) is 48.5 Å². The van der Waals surface area contributed by atoms with Crippen LogP contribution in [0.15, 0.2) is 60.7 Å². The fraction of sp³-hybridized carbons (Fsp3) is 0. The molecule has 3 rings (SSSR count). The first-order chi connectivity index (χ1) is 8.29. The minimum Gasteiger partial charge on any atom is -0.288 e. The Kier molecular flexibility index (Phi) is 3.31. The van der Waals surface area contributed by atoms with Gasteiger partial charge in [-0.05, 0) is 12.1 Å². The standard InChI is InChI=1S/C8H5NO2.C6H6/c10-7-5-3-1-2-4-6(5)8(11)9-7;1-2-4-6-5-3-1/h1-4H,(H,9,10,11);1-6H. The van der Waals surface area contributed by atoms with E-state index in [1.54, 1.807) is 24.3 Å². The van der Waals surface area contributed by atoms with E-state index < -0.39 is 0 Å². The van der Waals surface area contributed by atoms with Crippen LogP contribution in [0.3, 0.4) is 0 Å². The number of imide groups is 1. The minimum absolute atomic E-state index is 0.300. The van der Waals surface area contributed by atoms with E-state index in [0.29, 0.717) is 11.1 Å². The molecule has 0 fully saturated rings. The van der Waals surface area contributed by atoms with Crippen LogP contribution in [0, 0.1) is 0 Å². The maximum absolute atomic E-state index is 10.9. The molecule has 2 aromatic rings. The Bertz CT molecular complexity index is 475. The Hall–Kier alpha value is -2.42. The molecule has 17 heavy (non-hydrogen) atoms. The molecule has 2 amide bonds. The van der Waals surface area contributed by atoms with E-state index in [1.807, 2.05) is 36.4 Å². The molecule has 0 radical (unpaired) electrons. The molecule has 0 unspecified atom stereocenters. The van der Waals surface area contributed by atoms with Crippen LogP contribution in [-0.4, -0.2) is 11.8 Å². The molecule has 1 aliphatic heterocycles. The van der Waals surface area contributed by atoms with Gasteiger partial charge in [-0.25, -0.2) is 0 Å². The number of nitrogens with one attached hydrogen (secondary N) is 1.